The Morgan fingerprint density at radius 2 is 1.60 bits per heavy atom. The fraction of sp³-hybridized carbons (Fsp3) is 0.917. The molecule has 7 nitrogen and oxygen atoms in total. The van der Waals surface area contributed by atoms with Crippen molar-refractivity contribution >= 4 is 16.0 Å². The molecule has 0 amide bonds. The maximum absolute atomic E-state index is 12.2. The van der Waals surface area contributed by atoms with E-state index in [1.807, 2.05) is 0 Å². The highest BCUT2D eigenvalue weighted by Gasteiger charge is 2.32. The van der Waals surface area contributed by atoms with Crippen LogP contribution in [0.2, 0.25) is 0 Å². The van der Waals surface area contributed by atoms with Gasteiger partial charge in [0.2, 0.25) is 10.0 Å². The van der Waals surface area contributed by atoms with E-state index in [0.29, 0.717) is 13.2 Å². The standard InChI is InChI=1S/C12H21NO6S/c14-12(15)9-20(16,17)13(7-10-3-1-5-18-10)8-11-4-2-6-19-11/h10-11H,1-9H2,(H,14,15). The van der Waals surface area contributed by atoms with Crippen molar-refractivity contribution in [1.29, 1.82) is 0 Å². The highest BCUT2D eigenvalue weighted by atomic mass is 32.2. The number of sulfonamides is 1. The molecule has 0 saturated carbocycles. The summed E-state index contributed by atoms with van der Waals surface area (Å²) in [4.78, 5) is 10.7. The first-order valence-corrected chi connectivity index (χ1v) is 8.51. The number of nitrogens with zero attached hydrogens (tertiary/aromatic N) is 1. The minimum Gasteiger partial charge on any atom is -0.480 e. The lowest BCUT2D eigenvalue weighted by Crippen LogP contribution is -2.44. The third-order valence-electron chi connectivity index (χ3n) is 3.56. The zero-order valence-electron chi connectivity index (χ0n) is 11.4. The summed E-state index contributed by atoms with van der Waals surface area (Å²) in [5.41, 5.74) is 0. The van der Waals surface area contributed by atoms with Crippen molar-refractivity contribution in [2.24, 2.45) is 0 Å². The van der Waals surface area contributed by atoms with Gasteiger partial charge in [0.05, 0.1) is 12.2 Å². The van der Waals surface area contributed by atoms with Gasteiger partial charge in [0.1, 0.15) is 0 Å². The Morgan fingerprint density at radius 3 is 1.95 bits per heavy atom. The van der Waals surface area contributed by atoms with Gasteiger partial charge in [-0.2, -0.15) is 4.31 Å². The van der Waals surface area contributed by atoms with Crippen LogP contribution in [0.15, 0.2) is 0 Å². The lowest BCUT2D eigenvalue weighted by Gasteiger charge is -2.26. The summed E-state index contributed by atoms with van der Waals surface area (Å²) in [6.07, 6.45) is 3.17. The van der Waals surface area contributed by atoms with Crippen LogP contribution in [0, 0.1) is 0 Å². The Bertz CT molecular complexity index is 407. The highest BCUT2D eigenvalue weighted by Crippen LogP contribution is 2.19. The zero-order valence-corrected chi connectivity index (χ0v) is 12.2. The van der Waals surface area contributed by atoms with Crippen molar-refractivity contribution < 1.29 is 27.8 Å². The van der Waals surface area contributed by atoms with Crippen LogP contribution in [0.1, 0.15) is 25.7 Å². The maximum Gasteiger partial charge on any atom is 0.320 e. The monoisotopic (exact) mass is 307 g/mol. The average Bonchev–Trinajstić information content (AvgIpc) is 2.98. The molecule has 0 bridgehead atoms. The Hall–Kier alpha value is -0.700. The second kappa shape index (κ2) is 6.84. The van der Waals surface area contributed by atoms with Crippen molar-refractivity contribution in [2.45, 2.75) is 37.9 Å². The topological polar surface area (TPSA) is 93.1 Å². The summed E-state index contributed by atoms with van der Waals surface area (Å²) >= 11 is 0. The van der Waals surface area contributed by atoms with Gasteiger partial charge >= 0.3 is 5.97 Å². The van der Waals surface area contributed by atoms with Crippen LogP contribution in [0.5, 0.6) is 0 Å². The van der Waals surface area contributed by atoms with E-state index in [1.165, 1.54) is 4.31 Å². The van der Waals surface area contributed by atoms with E-state index in [4.69, 9.17) is 14.6 Å². The number of carboxylic acid groups (broad SMARTS) is 1. The summed E-state index contributed by atoms with van der Waals surface area (Å²) in [6.45, 7) is 1.71. The Morgan fingerprint density at radius 1 is 1.10 bits per heavy atom. The summed E-state index contributed by atoms with van der Waals surface area (Å²) in [5.74, 6) is -2.22. The summed E-state index contributed by atoms with van der Waals surface area (Å²) < 4.78 is 36.4. The van der Waals surface area contributed by atoms with Gasteiger partial charge in [-0.1, -0.05) is 0 Å². The number of hydrogen-bond donors (Lipinski definition) is 1. The molecule has 0 aromatic carbocycles. The van der Waals surface area contributed by atoms with Crippen LogP contribution in [-0.4, -0.2) is 68.1 Å². The van der Waals surface area contributed by atoms with E-state index in [-0.39, 0.29) is 25.3 Å². The van der Waals surface area contributed by atoms with Crippen LogP contribution in [0.25, 0.3) is 0 Å². The minimum absolute atomic E-state index is 0.139. The van der Waals surface area contributed by atoms with Crippen LogP contribution < -0.4 is 0 Å². The Labute approximate surface area is 118 Å². The Balaban J connectivity index is 2.02. The highest BCUT2D eigenvalue weighted by molar-refractivity contribution is 7.89. The van der Waals surface area contributed by atoms with Gasteiger partial charge in [-0.3, -0.25) is 4.79 Å². The van der Waals surface area contributed by atoms with E-state index >= 15 is 0 Å². The largest absolute Gasteiger partial charge is 0.480 e. The molecule has 1 N–H and O–H groups in total. The molecular formula is C12H21NO6S. The molecule has 0 radical (unpaired) electrons. The van der Waals surface area contributed by atoms with Crippen molar-refractivity contribution in [1.82, 2.24) is 4.31 Å². The predicted octanol–water partition coefficient (Wildman–Crippen LogP) is 0.0608. The molecule has 8 heteroatoms. The molecule has 2 atom stereocenters. The van der Waals surface area contributed by atoms with Gasteiger partial charge in [0, 0.05) is 26.3 Å². The van der Waals surface area contributed by atoms with Crippen molar-refractivity contribution in [2.75, 3.05) is 32.1 Å². The first kappa shape index (κ1) is 15.7. The maximum atomic E-state index is 12.2. The molecular weight excluding hydrogens is 286 g/mol. The minimum atomic E-state index is -3.82. The van der Waals surface area contributed by atoms with E-state index < -0.39 is 21.7 Å². The lowest BCUT2D eigenvalue weighted by molar-refractivity contribution is -0.134. The van der Waals surface area contributed by atoms with Crippen molar-refractivity contribution in [3.05, 3.63) is 0 Å². The van der Waals surface area contributed by atoms with Gasteiger partial charge in [0.15, 0.2) is 5.75 Å². The predicted molar refractivity (Wildman–Crippen MR) is 70.9 cm³/mol. The molecule has 2 heterocycles. The number of aliphatic carboxylic acids is 1. The second-order valence-electron chi connectivity index (χ2n) is 5.24. The van der Waals surface area contributed by atoms with Crippen molar-refractivity contribution in [3.63, 3.8) is 0 Å². The molecule has 2 fully saturated rings. The van der Waals surface area contributed by atoms with Crippen LogP contribution >= 0.6 is 0 Å². The smallest absolute Gasteiger partial charge is 0.320 e. The van der Waals surface area contributed by atoms with E-state index in [9.17, 15) is 13.2 Å². The lowest BCUT2D eigenvalue weighted by atomic mass is 10.2. The second-order valence-corrected chi connectivity index (χ2v) is 7.21. The normalized spacial score (nSPS) is 27.2. The van der Waals surface area contributed by atoms with Gasteiger partial charge in [-0.15, -0.1) is 0 Å². The molecule has 116 valence electrons. The third-order valence-corrected chi connectivity index (χ3v) is 5.26. The van der Waals surface area contributed by atoms with Gasteiger partial charge in [0.25, 0.3) is 0 Å². The third kappa shape index (κ3) is 4.41. The average molecular weight is 307 g/mol. The molecule has 2 aliphatic heterocycles. The van der Waals surface area contributed by atoms with E-state index in [0.717, 1.165) is 25.7 Å². The zero-order chi connectivity index (χ0) is 14.6. The quantitative estimate of drug-likeness (QED) is 0.715. The SMILES string of the molecule is O=C(O)CS(=O)(=O)N(CC1CCCO1)CC1CCCO1. The first-order chi connectivity index (χ1) is 9.47. The molecule has 0 aromatic heterocycles. The molecule has 0 aromatic rings. The van der Waals surface area contributed by atoms with Gasteiger partial charge in [-0.05, 0) is 25.7 Å². The summed E-state index contributed by atoms with van der Waals surface area (Å²) in [6, 6.07) is 0. The van der Waals surface area contributed by atoms with Crippen LogP contribution in [-0.2, 0) is 24.3 Å². The van der Waals surface area contributed by atoms with E-state index in [2.05, 4.69) is 0 Å². The number of carboxylic acids is 1. The molecule has 2 aliphatic rings. The molecule has 20 heavy (non-hydrogen) atoms. The number of rotatable bonds is 7. The van der Waals surface area contributed by atoms with Crippen molar-refractivity contribution in [3.8, 4) is 0 Å². The molecule has 2 unspecified atom stereocenters. The summed E-state index contributed by atoms with van der Waals surface area (Å²) in [7, 11) is -3.82. The summed E-state index contributed by atoms with van der Waals surface area (Å²) in [5, 5.41) is 8.75. The fourth-order valence-electron chi connectivity index (χ4n) is 2.58. The van der Waals surface area contributed by atoms with Crippen LogP contribution in [0.3, 0.4) is 0 Å². The van der Waals surface area contributed by atoms with Gasteiger partial charge < -0.3 is 14.6 Å². The van der Waals surface area contributed by atoms with E-state index in [1.54, 1.807) is 0 Å². The number of ether oxygens (including phenoxy) is 2. The molecule has 0 spiro atoms. The molecule has 0 aliphatic carbocycles. The molecule has 2 rings (SSSR count). The molecule has 2 saturated heterocycles. The Kier molecular flexibility index (Phi) is 5.36. The number of hydrogen-bond acceptors (Lipinski definition) is 5. The first-order valence-electron chi connectivity index (χ1n) is 6.90. The number of carbonyl (C=O) groups is 1. The van der Waals surface area contributed by atoms with Gasteiger partial charge in [-0.25, -0.2) is 8.42 Å². The van der Waals surface area contributed by atoms with Crippen LogP contribution in [0.4, 0.5) is 0 Å². The fourth-order valence-corrected chi connectivity index (χ4v) is 3.86.